The molecule has 2 aromatic rings. The number of ether oxygens (including phenoxy) is 2. The van der Waals surface area contributed by atoms with Gasteiger partial charge in [-0.05, 0) is 77.7 Å². The van der Waals surface area contributed by atoms with Crippen LogP contribution < -0.4 is 9.47 Å². The number of hydrogen-bond acceptors (Lipinski definition) is 2. The van der Waals surface area contributed by atoms with Gasteiger partial charge in [-0.2, -0.15) is 0 Å². The molecule has 3 aliphatic heterocycles. The smallest absolute Gasteiger partial charge is 0.340 e. The summed E-state index contributed by atoms with van der Waals surface area (Å²) in [4.78, 5) is 0. The van der Waals surface area contributed by atoms with Crippen LogP contribution in [-0.2, 0) is 16.2 Å². The molecule has 1 aliphatic carbocycles. The molecule has 3 heterocycles. The Kier molecular flexibility index (Phi) is 7.86. The van der Waals surface area contributed by atoms with Gasteiger partial charge in [0.05, 0.1) is 11.1 Å². The predicted molar refractivity (Wildman–Crippen MR) is 182 cm³/mol. The molecule has 2 fully saturated rings. The highest BCUT2D eigenvalue weighted by Crippen LogP contribution is 2.49. The van der Waals surface area contributed by atoms with E-state index in [1.54, 1.807) is 0 Å². The molecule has 4 nitrogen and oxygen atoms in total. The predicted octanol–water partition coefficient (Wildman–Crippen LogP) is 9.51. The summed E-state index contributed by atoms with van der Waals surface area (Å²) in [6.45, 7) is 23.2. The Morgan fingerprint density at radius 3 is 1.75 bits per heavy atom. The number of unbranched alkanes of at least 4 members (excludes halogenated alkanes) is 2. The Morgan fingerprint density at radius 1 is 0.705 bits per heavy atom. The van der Waals surface area contributed by atoms with Crippen molar-refractivity contribution in [2.45, 2.75) is 168 Å². The Labute approximate surface area is 267 Å². The van der Waals surface area contributed by atoms with Crippen LogP contribution in [0.15, 0.2) is 24.3 Å². The summed E-state index contributed by atoms with van der Waals surface area (Å²) in [5.74, 6) is 1.95. The summed E-state index contributed by atoms with van der Waals surface area (Å²) in [5.41, 5.74) is 7.84. The van der Waals surface area contributed by atoms with Gasteiger partial charge in [-0.3, -0.25) is 0 Å². The minimum absolute atomic E-state index is 0.0497. The summed E-state index contributed by atoms with van der Waals surface area (Å²) >= 11 is 0. The number of nitrogens with zero attached hydrogens (tertiary/aromatic N) is 2. The fourth-order valence-electron chi connectivity index (χ4n) is 8.23. The summed E-state index contributed by atoms with van der Waals surface area (Å²) in [7, 11) is 0. The first-order chi connectivity index (χ1) is 20.7. The maximum Gasteiger partial charge on any atom is 0.704 e. The largest absolute Gasteiger partial charge is 0.704 e. The molecule has 1 saturated heterocycles. The van der Waals surface area contributed by atoms with Crippen molar-refractivity contribution in [3.05, 3.63) is 57.6 Å². The number of rotatable bonds is 7. The lowest BCUT2D eigenvalue weighted by Crippen LogP contribution is -2.60. The maximum absolute atomic E-state index is 7.35. The maximum atomic E-state index is 7.35. The molecular formula is C40H58N2O2+2. The van der Waals surface area contributed by atoms with E-state index in [1.165, 1.54) is 84.7 Å². The normalized spacial score (nSPS) is 24.1. The molecular weight excluding hydrogens is 540 g/mol. The van der Waals surface area contributed by atoms with Crippen molar-refractivity contribution in [3.8, 4) is 11.5 Å². The lowest BCUT2D eigenvalue weighted by molar-refractivity contribution is -0.866. The highest BCUT2D eigenvalue weighted by atomic mass is 16.7. The molecule has 3 atom stereocenters. The third kappa shape index (κ3) is 5.13. The van der Waals surface area contributed by atoms with Gasteiger partial charge in [-0.1, -0.05) is 109 Å². The first-order valence-electron chi connectivity index (χ1n) is 17.7. The first-order valence-corrected chi connectivity index (χ1v) is 17.7. The second-order valence-corrected chi connectivity index (χ2v) is 16.7. The van der Waals surface area contributed by atoms with Crippen molar-refractivity contribution in [1.29, 1.82) is 0 Å². The van der Waals surface area contributed by atoms with Gasteiger partial charge >= 0.3 is 6.03 Å². The zero-order valence-electron chi connectivity index (χ0n) is 29.4. The molecule has 0 radical (unpaired) electrons. The molecule has 4 heteroatoms. The third-order valence-corrected chi connectivity index (χ3v) is 11.0. The number of hydrogen-bond donors (Lipinski definition) is 0. The second kappa shape index (κ2) is 11.0. The van der Waals surface area contributed by atoms with E-state index < -0.39 is 6.03 Å². The number of fused-ring (bicyclic) bond motifs is 5. The highest BCUT2D eigenvalue weighted by Gasteiger charge is 2.76. The quantitative estimate of drug-likeness (QED) is 0.297. The minimum atomic E-state index is -0.997. The molecule has 44 heavy (non-hydrogen) atoms. The highest BCUT2D eigenvalue weighted by molar-refractivity contribution is 5.85. The molecule has 0 N–H and O–H groups in total. The van der Waals surface area contributed by atoms with Gasteiger partial charge in [0, 0.05) is 18.4 Å². The lowest BCUT2D eigenvalue weighted by Gasteiger charge is -2.34. The summed E-state index contributed by atoms with van der Waals surface area (Å²) in [6, 6.07) is 9.35. The van der Waals surface area contributed by atoms with Gasteiger partial charge in [-0.15, -0.1) is 0 Å². The molecule has 0 amide bonds. The van der Waals surface area contributed by atoms with Crippen LogP contribution in [0.1, 0.15) is 160 Å². The average molecular weight is 599 g/mol. The number of benzene rings is 2. The molecule has 238 valence electrons. The van der Waals surface area contributed by atoms with Crippen LogP contribution in [-0.4, -0.2) is 39.7 Å². The van der Waals surface area contributed by atoms with Crippen LogP contribution in [0, 0.1) is 6.92 Å². The fraction of sp³-hybridized carbons (Fsp3) is 0.650. The van der Waals surface area contributed by atoms with Crippen molar-refractivity contribution in [2.24, 2.45) is 0 Å². The molecule has 6 rings (SSSR count). The van der Waals surface area contributed by atoms with E-state index in [1.807, 2.05) is 0 Å². The summed E-state index contributed by atoms with van der Waals surface area (Å²) in [5, 5.41) is 0. The standard InChI is InChI=1S/C40H58N2O2/c1-11-13-19-39(10,20-14-12-2)31-21-27(3)35-28(23-31)25-41-33-17-15-16-18-34(33)42-26-29-22-30(37(4,5)6)24-32(38(7,8)9)36(29)44-40(41,42)43-35/h21-26,33-34H,11-20H2,1-10H3/q+2. The van der Waals surface area contributed by atoms with Crippen LogP contribution in [0.5, 0.6) is 11.5 Å². The average Bonchev–Trinajstić information content (AvgIpc) is 3.24. The van der Waals surface area contributed by atoms with Gasteiger partial charge in [0.1, 0.15) is 0 Å². The molecule has 4 aliphatic rings. The molecule has 3 unspecified atom stereocenters. The minimum Gasteiger partial charge on any atom is -0.340 e. The van der Waals surface area contributed by atoms with Crippen molar-refractivity contribution in [1.82, 2.24) is 0 Å². The van der Waals surface area contributed by atoms with Crippen LogP contribution >= 0.6 is 0 Å². The fourth-order valence-corrected chi connectivity index (χ4v) is 8.23. The van der Waals surface area contributed by atoms with Crippen molar-refractivity contribution < 1.29 is 18.6 Å². The first kappa shape index (κ1) is 31.4. The Morgan fingerprint density at radius 2 is 1.23 bits per heavy atom. The van der Waals surface area contributed by atoms with Crippen molar-refractivity contribution >= 4 is 12.4 Å². The van der Waals surface area contributed by atoms with Crippen molar-refractivity contribution in [2.75, 3.05) is 0 Å². The topological polar surface area (TPSA) is 24.5 Å². The molecule has 0 bridgehead atoms. The van der Waals surface area contributed by atoms with E-state index in [-0.39, 0.29) is 16.2 Å². The van der Waals surface area contributed by atoms with Gasteiger partial charge in [-0.25, -0.2) is 0 Å². The van der Waals surface area contributed by atoms with E-state index >= 15 is 0 Å². The molecule has 2 aromatic carbocycles. The summed E-state index contributed by atoms with van der Waals surface area (Å²) < 4.78 is 19.6. The Bertz CT molecular complexity index is 1490. The molecule has 0 aromatic heterocycles. The van der Waals surface area contributed by atoms with E-state index in [9.17, 15) is 0 Å². The monoisotopic (exact) mass is 598 g/mol. The van der Waals surface area contributed by atoms with Gasteiger partial charge < -0.3 is 9.47 Å². The van der Waals surface area contributed by atoms with Gasteiger partial charge in [0.25, 0.3) is 0 Å². The van der Waals surface area contributed by atoms with E-state index in [4.69, 9.17) is 9.47 Å². The zero-order valence-corrected chi connectivity index (χ0v) is 29.4. The lowest BCUT2D eigenvalue weighted by atomic mass is 9.73. The zero-order chi connectivity index (χ0) is 31.7. The van der Waals surface area contributed by atoms with Crippen LogP contribution in [0.25, 0.3) is 0 Å². The van der Waals surface area contributed by atoms with E-state index in [0.29, 0.717) is 12.1 Å². The second-order valence-electron chi connectivity index (χ2n) is 16.7. The van der Waals surface area contributed by atoms with Crippen LogP contribution in [0.3, 0.4) is 0 Å². The Hall–Kier alpha value is -2.62. The third-order valence-electron chi connectivity index (χ3n) is 11.0. The van der Waals surface area contributed by atoms with Gasteiger partial charge in [0.15, 0.2) is 23.9 Å². The molecule has 1 spiro atoms. The Balaban J connectivity index is 1.52. The van der Waals surface area contributed by atoms with Crippen LogP contribution in [0.2, 0.25) is 0 Å². The number of aryl methyl sites for hydroxylation is 1. The summed E-state index contributed by atoms with van der Waals surface area (Å²) in [6.07, 6.45) is 17.1. The SMILES string of the molecule is CCCCC(C)(CCCC)c1cc(C)c2c(c1)C=[N+]1C3CCCCC3[N+]3=Cc4cc(C(C)(C)C)cc(C(C)(C)C)c4OC13O2. The van der Waals surface area contributed by atoms with Crippen molar-refractivity contribution in [3.63, 3.8) is 0 Å². The molecule has 1 saturated carbocycles. The van der Waals surface area contributed by atoms with E-state index in [0.717, 1.165) is 24.3 Å². The van der Waals surface area contributed by atoms with E-state index in [2.05, 4.69) is 115 Å². The van der Waals surface area contributed by atoms with Crippen LogP contribution in [0.4, 0.5) is 0 Å². The van der Waals surface area contributed by atoms with Gasteiger partial charge in [0.2, 0.25) is 12.1 Å².